The second-order valence-corrected chi connectivity index (χ2v) is 4.50. The van der Waals surface area contributed by atoms with E-state index in [1.807, 2.05) is 30.3 Å². The van der Waals surface area contributed by atoms with Crippen molar-refractivity contribution >= 4 is 11.6 Å². The molecule has 102 valence electrons. The highest BCUT2D eigenvalue weighted by molar-refractivity contribution is 6.04. The molecule has 1 aromatic heterocycles. The largest absolute Gasteiger partial charge is 0.382 e. The molecule has 1 atom stereocenters. The first kappa shape index (κ1) is 12.4. The van der Waals surface area contributed by atoms with E-state index < -0.39 is 6.10 Å². The summed E-state index contributed by atoms with van der Waals surface area (Å²) in [7, 11) is 0. The molecule has 6 nitrogen and oxygen atoms in total. The molecular formula is C14H14N4O2. The van der Waals surface area contributed by atoms with E-state index >= 15 is 0 Å². The van der Waals surface area contributed by atoms with Gasteiger partial charge in [-0.1, -0.05) is 35.5 Å². The molecule has 0 aliphatic carbocycles. The summed E-state index contributed by atoms with van der Waals surface area (Å²) in [6.45, 7) is 0.402. The Morgan fingerprint density at radius 2 is 2.25 bits per heavy atom. The van der Waals surface area contributed by atoms with E-state index in [1.165, 1.54) is 0 Å². The highest BCUT2D eigenvalue weighted by Gasteiger charge is 2.28. The van der Waals surface area contributed by atoms with Crippen LogP contribution in [0, 0.1) is 0 Å². The van der Waals surface area contributed by atoms with Crippen LogP contribution in [0.1, 0.15) is 17.7 Å². The third-order valence-electron chi connectivity index (χ3n) is 3.08. The number of carbonyl (C=O) groups is 1. The number of oxime groups is 1. The SMILES string of the molecule is O=C(NCc1cnc[nH]1)C1CC(c2ccccc2)=NO1. The maximum Gasteiger partial charge on any atom is 0.264 e. The molecule has 2 heterocycles. The zero-order chi connectivity index (χ0) is 13.8. The Morgan fingerprint density at radius 1 is 1.40 bits per heavy atom. The predicted molar refractivity (Wildman–Crippen MR) is 72.9 cm³/mol. The Balaban J connectivity index is 1.54. The van der Waals surface area contributed by atoms with Crippen molar-refractivity contribution in [2.45, 2.75) is 19.1 Å². The smallest absolute Gasteiger partial charge is 0.264 e. The van der Waals surface area contributed by atoms with Crippen LogP contribution in [0.3, 0.4) is 0 Å². The summed E-state index contributed by atoms with van der Waals surface area (Å²) in [5.41, 5.74) is 2.63. The van der Waals surface area contributed by atoms with Gasteiger partial charge in [-0.15, -0.1) is 0 Å². The van der Waals surface area contributed by atoms with Crippen LogP contribution in [-0.4, -0.2) is 27.7 Å². The Morgan fingerprint density at radius 3 is 3.00 bits per heavy atom. The molecule has 20 heavy (non-hydrogen) atoms. The lowest BCUT2D eigenvalue weighted by atomic mass is 10.0. The summed E-state index contributed by atoms with van der Waals surface area (Å²) in [6, 6.07) is 9.71. The van der Waals surface area contributed by atoms with Crippen molar-refractivity contribution in [1.29, 1.82) is 0 Å². The molecular weight excluding hydrogens is 256 g/mol. The molecule has 6 heteroatoms. The first-order valence-electron chi connectivity index (χ1n) is 6.36. The molecule has 0 saturated carbocycles. The molecule has 1 amide bonds. The van der Waals surface area contributed by atoms with Crippen LogP contribution in [0.5, 0.6) is 0 Å². The van der Waals surface area contributed by atoms with Crippen molar-refractivity contribution in [2.24, 2.45) is 5.16 Å². The summed E-state index contributed by atoms with van der Waals surface area (Å²) in [5, 5.41) is 6.78. The van der Waals surface area contributed by atoms with Crippen LogP contribution in [0.2, 0.25) is 0 Å². The van der Waals surface area contributed by atoms with Crippen LogP contribution in [0.4, 0.5) is 0 Å². The van der Waals surface area contributed by atoms with Crippen LogP contribution < -0.4 is 5.32 Å². The van der Waals surface area contributed by atoms with Gasteiger partial charge in [-0.3, -0.25) is 4.79 Å². The molecule has 0 bridgehead atoms. The van der Waals surface area contributed by atoms with Gasteiger partial charge < -0.3 is 15.1 Å². The second kappa shape index (κ2) is 5.56. The molecule has 0 fully saturated rings. The fourth-order valence-corrected chi connectivity index (χ4v) is 2.00. The van der Waals surface area contributed by atoms with Gasteiger partial charge in [0.15, 0.2) is 0 Å². The number of amides is 1. The second-order valence-electron chi connectivity index (χ2n) is 4.50. The summed E-state index contributed by atoms with van der Waals surface area (Å²) in [4.78, 5) is 24.0. The molecule has 0 saturated heterocycles. The maximum atomic E-state index is 12.0. The minimum absolute atomic E-state index is 0.172. The number of nitrogens with one attached hydrogen (secondary N) is 2. The van der Waals surface area contributed by atoms with Crippen LogP contribution >= 0.6 is 0 Å². The van der Waals surface area contributed by atoms with Gasteiger partial charge in [0.25, 0.3) is 5.91 Å². The van der Waals surface area contributed by atoms with Gasteiger partial charge in [-0.05, 0) is 5.56 Å². The average Bonchev–Trinajstić information content (AvgIpc) is 3.17. The lowest BCUT2D eigenvalue weighted by Gasteiger charge is -2.08. The molecule has 1 aromatic carbocycles. The minimum Gasteiger partial charge on any atom is -0.382 e. The summed E-state index contributed by atoms with van der Waals surface area (Å²) in [6.07, 6.45) is 3.16. The normalized spacial score (nSPS) is 17.4. The molecule has 3 rings (SSSR count). The molecule has 2 N–H and O–H groups in total. The molecule has 2 aromatic rings. The average molecular weight is 270 g/mol. The van der Waals surface area contributed by atoms with Crippen molar-refractivity contribution in [3.8, 4) is 0 Å². The monoisotopic (exact) mass is 270 g/mol. The number of nitrogens with zero attached hydrogens (tertiary/aromatic N) is 2. The fourth-order valence-electron chi connectivity index (χ4n) is 2.00. The number of benzene rings is 1. The number of aromatic nitrogens is 2. The van der Waals surface area contributed by atoms with Crippen LogP contribution in [0.25, 0.3) is 0 Å². The third kappa shape index (κ3) is 2.69. The molecule has 0 radical (unpaired) electrons. The number of H-pyrrole nitrogens is 1. The molecule has 1 unspecified atom stereocenters. The van der Waals surface area contributed by atoms with Crippen LogP contribution in [-0.2, 0) is 16.2 Å². The quantitative estimate of drug-likeness (QED) is 0.876. The van der Waals surface area contributed by atoms with Gasteiger partial charge in [0, 0.05) is 12.6 Å². The number of hydrogen-bond donors (Lipinski definition) is 2. The highest BCUT2D eigenvalue weighted by Crippen LogP contribution is 2.16. The first-order chi connectivity index (χ1) is 9.83. The molecule has 0 spiro atoms. The van der Waals surface area contributed by atoms with Crippen molar-refractivity contribution in [3.63, 3.8) is 0 Å². The van der Waals surface area contributed by atoms with Gasteiger partial charge in [-0.2, -0.15) is 0 Å². The van der Waals surface area contributed by atoms with E-state index in [1.54, 1.807) is 12.5 Å². The highest BCUT2D eigenvalue weighted by atomic mass is 16.6. The van der Waals surface area contributed by atoms with Crippen LogP contribution in [0.15, 0.2) is 48.0 Å². The minimum atomic E-state index is -0.562. The van der Waals surface area contributed by atoms with E-state index in [4.69, 9.17) is 4.84 Å². The summed E-state index contributed by atoms with van der Waals surface area (Å²) in [5.74, 6) is -0.172. The number of rotatable bonds is 4. The summed E-state index contributed by atoms with van der Waals surface area (Å²) >= 11 is 0. The topological polar surface area (TPSA) is 79.4 Å². The Kier molecular flexibility index (Phi) is 3.45. The first-order valence-corrected chi connectivity index (χ1v) is 6.36. The number of carbonyl (C=O) groups excluding carboxylic acids is 1. The van der Waals surface area contributed by atoms with Gasteiger partial charge >= 0.3 is 0 Å². The predicted octanol–water partition coefficient (Wildman–Crippen LogP) is 1.22. The van der Waals surface area contributed by atoms with Gasteiger partial charge in [-0.25, -0.2) is 4.98 Å². The van der Waals surface area contributed by atoms with Crippen molar-refractivity contribution in [2.75, 3.05) is 0 Å². The molecule has 1 aliphatic rings. The van der Waals surface area contributed by atoms with Crippen molar-refractivity contribution in [1.82, 2.24) is 15.3 Å². The van der Waals surface area contributed by atoms with E-state index in [0.717, 1.165) is 17.0 Å². The van der Waals surface area contributed by atoms with Gasteiger partial charge in [0.2, 0.25) is 6.10 Å². The van der Waals surface area contributed by atoms with E-state index in [9.17, 15) is 4.79 Å². The van der Waals surface area contributed by atoms with E-state index in [0.29, 0.717) is 13.0 Å². The van der Waals surface area contributed by atoms with Crippen molar-refractivity contribution in [3.05, 3.63) is 54.1 Å². The Bertz CT molecular complexity index is 607. The van der Waals surface area contributed by atoms with E-state index in [2.05, 4.69) is 20.4 Å². The Hall–Kier alpha value is -2.63. The van der Waals surface area contributed by atoms with E-state index in [-0.39, 0.29) is 5.91 Å². The molecule has 1 aliphatic heterocycles. The van der Waals surface area contributed by atoms with Gasteiger partial charge in [0.1, 0.15) is 0 Å². The van der Waals surface area contributed by atoms with Gasteiger partial charge in [0.05, 0.1) is 24.3 Å². The standard InChI is InChI=1S/C14H14N4O2/c19-14(16-8-11-7-15-9-17-11)13-6-12(18-20-13)10-4-2-1-3-5-10/h1-5,7,9,13H,6,8H2,(H,15,17)(H,16,19). The lowest BCUT2D eigenvalue weighted by Crippen LogP contribution is -2.34. The maximum absolute atomic E-state index is 12.0. The zero-order valence-electron chi connectivity index (χ0n) is 10.7. The Labute approximate surface area is 115 Å². The number of hydrogen-bond acceptors (Lipinski definition) is 4. The number of imidazole rings is 1. The zero-order valence-corrected chi connectivity index (χ0v) is 10.7. The lowest BCUT2D eigenvalue weighted by molar-refractivity contribution is -0.131. The summed E-state index contributed by atoms with van der Waals surface area (Å²) < 4.78 is 0. The fraction of sp³-hybridized carbons (Fsp3) is 0.214. The third-order valence-corrected chi connectivity index (χ3v) is 3.08. The van der Waals surface area contributed by atoms with Crippen molar-refractivity contribution < 1.29 is 9.63 Å². The number of aromatic amines is 1.